The highest BCUT2D eigenvalue weighted by atomic mass is 32.2. The quantitative estimate of drug-likeness (QED) is 0.771. The minimum absolute atomic E-state index is 0.0140. The van der Waals surface area contributed by atoms with Gasteiger partial charge in [0.1, 0.15) is 0 Å². The smallest absolute Gasteiger partial charge is 0.238 e. The van der Waals surface area contributed by atoms with E-state index >= 15 is 0 Å². The van der Waals surface area contributed by atoms with Crippen LogP contribution in [-0.2, 0) is 21.4 Å². The number of carbonyl (C=O) groups excluding carboxylic acids is 1. The van der Waals surface area contributed by atoms with Crippen LogP contribution < -0.4 is 10.5 Å². The van der Waals surface area contributed by atoms with Gasteiger partial charge in [-0.05, 0) is 38.2 Å². The highest BCUT2D eigenvalue weighted by Gasteiger charge is 2.09. The molecule has 9 heteroatoms. The first-order chi connectivity index (χ1) is 11.2. The molecule has 0 atom stereocenters. The highest BCUT2D eigenvalue weighted by Crippen LogP contribution is 2.14. The number of sulfonamides is 1. The summed E-state index contributed by atoms with van der Waals surface area (Å²) in [4.78, 5) is 19.4. The van der Waals surface area contributed by atoms with Gasteiger partial charge in [-0.1, -0.05) is 0 Å². The van der Waals surface area contributed by atoms with Crippen molar-refractivity contribution in [1.29, 1.82) is 0 Å². The molecule has 2 rings (SSSR count). The van der Waals surface area contributed by atoms with Crippen molar-refractivity contribution in [3.8, 4) is 0 Å². The lowest BCUT2D eigenvalue weighted by Gasteiger charge is -2.15. The molecule has 0 saturated heterocycles. The molecule has 0 aliphatic carbocycles. The van der Waals surface area contributed by atoms with E-state index in [2.05, 4.69) is 15.2 Å². The molecule has 130 valence electrons. The average Bonchev–Trinajstić information content (AvgIpc) is 2.90. The van der Waals surface area contributed by atoms with Crippen LogP contribution in [0, 0.1) is 6.92 Å². The molecule has 24 heavy (non-hydrogen) atoms. The van der Waals surface area contributed by atoms with Crippen molar-refractivity contribution in [2.24, 2.45) is 5.14 Å². The summed E-state index contributed by atoms with van der Waals surface area (Å²) in [6.45, 7) is 3.32. The highest BCUT2D eigenvalue weighted by molar-refractivity contribution is 7.89. The molecule has 3 N–H and O–H groups in total. The number of anilines is 1. The fourth-order valence-corrected chi connectivity index (χ4v) is 3.46. The first-order valence-electron chi connectivity index (χ1n) is 7.26. The van der Waals surface area contributed by atoms with E-state index in [1.54, 1.807) is 11.3 Å². The fourth-order valence-electron chi connectivity index (χ4n) is 2.07. The largest absolute Gasteiger partial charge is 0.326 e. The zero-order chi connectivity index (χ0) is 17.7. The summed E-state index contributed by atoms with van der Waals surface area (Å²) in [7, 11) is -1.77. The topological polar surface area (TPSA) is 105 Å². The summed E-state index contributed by atoms with van der Waals surface area (Å²) in [5.41, 5.74) is 0.535. The Labute approximate surface area is 145 Å². The fraction of sp³-hybridized carbons (Fsp3) is 0.333. The maximum Gasteiger partial charge on any atom is 0.238 e. The van der Waals surface area contributed by atoms with E-state index in [4.69, 9.17) is 5.14 Å². The molecule has 0 saturated carbocycles. The van der Waals surface area contributed by atoms with Gasteiger partial charge in [0.15, 0.2) is 0 Å². The Hall–Kier alpha value is -1.81. The van der Waals surface area contributed by atoms with Crippen LogP contribution in [0.3, 0.4) is 0 Å². The number of aryl methyl sites for hydroxylation is 1. The number of rotatable bonds is 7. The van der Waals surface area contributed by atoms with E-state index in [1.165, 1.54) is 24.3 Å². The van der Waals surface area contributed by atoms with Gasteiger partial charge < -0.3 is 10.2 Å². The summed E-state index contributed by atoms with van der Waals surface area (Å²) >= 11 is 1.64. The Morgan fingerprint density at radius 2 is 2.00 bits per heavy atom. The number of aromatic nitrogens is 1. The first kappa shape index (κ1) is 18.5. The molecule has 0 aliphatic rings. The zero-order valence-corrected chi connectivity index (χ0v) is 15.2. The Kier molecular flexibility index (Phi) is 6.05. The normalized spacial score (nSPS) is 11.7. The van der Waals surface area contributed by atoms with E-state index in [9.17, 15) is 13.2 Å². The molecule has 1 aromatic carbocycles. The van der Waals surface area contributed by atoms with E-state index in [1.807, 2.05) is 20.2 Å². The molecule has 0 spiro atoms. The van der Waals surface area contributed by atoms with Crippen molar-refractivity contribution in [2.75, 3.05) is 18.9 Å². The molecule has 2 aromatic rings. The van der Waals surface area contributed by atoms with Gasteiger partial charge in [0, 0.05) is 36.3 Å². The van der Waals surface area contributed by atoms with Crippen LogP contribution in [0.2, 0.25) is 0 Å². The van der Waals surface area contributed by atoms with E-state index < -0.39 is 10.0 Å². The van der Waals surface area contributed by atoms with Crippen molar-refractivity contribution in [1.82, 2.24) is 9.88 Å². The van der Waals surface area contributed by atoms with E-state index in [-0.39, 0.29) is 10.8 Å². The third-order valence-electron chi connectivity index (χ3n) is 3.28. The Balaban J connectivity index is 1.80. The van der Waals surface area contributed by atoms with Gasteiger partial charge in [0.2, 0.25) is 15.9 Å². The molecular weight excluding hydrogens is 348 g/mol. The van der Waals surface area contributed by atoms with Crippen molar-refractivity contribution < 1.29 is 13.2 Å². The lowest BCUT2D eigenvalue weighted by molar-refractivity contribution is -0.116. The molecular formula is C15H20N4O3S2. The van der Waals surface area contributed by atoms with Gasteiger partial charge in [-0.2, -0.15) is 0 Å². The number of hydrogen-bond acceptors (Lipinski definition) is 6. The van der Waals surface area contributed by atoms with Gasteiger partial charge in [-0.15, -0.1) is 11.3 Å². The number of carbonyl (C=O) groups is 1. The first-order valence-corrected chi connectivity index (χ1v) is 9.63. The molecule has 0 fully saturated rings. The van der Waals surface area contributed by atoms with Crippen LogP contribution in [0.5, 0.6) is 0 Å². The molecule has 0 aliphatic heterocycles. The molecule has 0 radical (unpaired) electrons. The number of thiazole rings is 1. The van der Waals surface area contributed by atoms with Crippen LogP contribution >= 0.6 is 11.3 Å². The average molecular weight is 368 g/mol. The lowest BCUT2D eigenvalue weighted by atomic mass is 10.3. The van der Waals surface area contributed by atoms with Crippen LogP contribution in [0.25, 0.3) is 0 Å². The molecule has 0 bridgehead atoms. The van der Waals surface area contributed by atoms with Crippen LogP contribution in [0.1, 0.15) is 16.3 Å². The monoisotopic (exact) mass is 368 g/mol. The van der Waals surface area contributed by atoms with Crippen LogP contribution in [-0.4, -0.2) is 37.8 Å². The van der Waals surface area contributed by atoms with Gasteiger partial charge in [0.25, 0.3) is 0 Å². The molecule has 0 unspecified atom stereocenters. The zero-order valence-electron chi connectivity index (χ0n) is 13.5. The minimum atomic E-state index is -3.72. The summed E-state index contributed by atoms with van der Waals surface area (Å²) in [5.74, 6) is -0.134. The number of nitrogens with one attached hydrogen (secondary N) is 1. The number of nitrogens with zero attached hydrogens (tertiary/aromatic N) is 2. The molecule has 1 amide bonds. The molecule has 1 heterocycles. The Morgan fingerprint density at radius 3 is 2.54 bits per heavy atom. The Bertz CT molecular complexity index is 800. The SMILES string of the molecule is Cc1ncc(CN(C)CCC(=O)Nc2ccc(S(N)(=O)=O)cc2)s1. The van der Waals surface area contributed by atoms with Crippen molar-refractivity contribution in [3.05, 3.63) is 40.3 Å². The van der Waals surface area contributed by atoms with Crippen molar-refractivity contribution >= 4 is 33.0 Å². The third-order valence-corrected chi connectivity index (χ3v) is 5.11. The van der Waals surface area contributed by atoms with E-state index in [0.717, 1.165) is 16.4 Å². The van der Waals surface area contributed by atoms with Gasteiger partial charge in [-0.3, -0.25) is 4.79 Å². The number of benzene rings is 1. The maximum absolute atomic E-state index is 12.0. The minimum Gasteiger partial charge on any atom is -0.326 e. The summed E-state index contributed by atoms with van der Waals surface area (Å²) < 4.78 is 22.4. The van der Waals surface area contributed by atoms with E-state index in [0.29, 0.717) is 18.7 Å². The lowest BCUT2D eigenvalue weighted by Crippen LogP contribution is -2.23. The predicted molar refractivity (Wildman–Crippen MR) is 94.2 cm³/mol. The summed E-state index contributed by atoms with van der Waals surface area (Å²) in [5, 5.41) is 8.79. The summed E-state index contributed by atoms with van der Waals surface area (Å²) in [6, 6.07) is 5.76. The van der Waals surface area contributed by atoms with Crippen molar-refractivity contribution in [2.45, 2.75) is 24.8 Å². The second-order valence-electron chi connectivity index (χ2n) is 5.45. The second kappa shape index (κ2) is 7.84. The Morgan fingerprint density at radius 1 is 1.33 bits per heavy atom. The standard InChI is InChI=1S/C15H20N4O3S2/c1-11-17-9-13(23-11)10-19(2)8-7-15(20)18-12-3-5-14(6-4-12)24(16,21)22/h3-6,9H,7-8,10H2,1-2H3,(H,18,20)(H2,16,21,22). The van der Waals surface area contributed by atoms with Gasteiger partial charge in [-0.25, -0.2) is 18.5 Å². The second-order valence-corrected chi connectivity index (χ2v) is 8.33. The third kappa shape index (κ3) is 5.68. The summed E-state index contributed by atoms with van der Waals surface area (Å²) in [6.07, 6.45) is 2.19. The number of amides is 1. The molecule has 7 nitrogen and oxygen atoms in total. The van der Waals surface area contributed by atoms with Crippen LogP contribution in [0.15, 0.2) is 35.4 Å². The van der Waals surface area contributed by atoms with Crippen LogP contribution in [0.4, 0.5) is 5.69 Å². The molecule has 1 aromatic heterocycles. The van der Waals surface area contributed by atoms with Gasteiger partial charge in [0.05, 0.1) is 9.90 Å². The van der Waals surface area contributed by atoms with Gasteiger partial charge >= 0.3 is 0 Å². The number of hydrogen-bond donors (Lipinski definition) is 2. The predicted octanol–water partition coefficient (Wildman–Crippen LogP) is 1.56. The van der Waals surface area contributed by atoms with Crippen molar-refractivity contribution in [3.63, 3.8) is 0 Å². The maximum atomic E-state index is 12.0. The number of nitrogens with two attached hydrogens (primary N) is 1. The number of primary sulfonamides is 1.